The van der Waals surface area contributed by atoms with Gasteiger partial charge < -0.3 is 29.2 Å². The van der Waals surface area contributed by atoms with E-state index in [1.165, 1.54) is 6.07 Å². The molecule has 4 heterocycles. The summed E-state index contributed by atoms with van der Waals surface area (Å²) in [4.78, 5) is 35.4. The summed E-state index contributed by atoms with van der Waals surface area (Å²) in [5.41, 5.74) is 2.59. The Morgan fingerprint density at radius 2 is 1.80 bits per heavy atom. The molecule has 232 valence electrons. The van der Waals surface area contributed by atoms with E-state index < -0.39 is 17.5 Å². The smallest absolute Gasteiger partial charge is 0.309 e. The Morgan fingerprint density at radius 3 is 2.52 bits per heavy atom. The van der Waals surface area contributed by atoms with Crippen molar-refractivity contribution in [3.8, 4) is 22.8 Å². The molecule has 2 aliphatic heterocycles. The van der Waals surface area contributed by atoms with Gasteiger partial charge in [-0.05, 0) is 63.5 Å². The number of anilines is 1. The molecule has 2 N–H and O–H groups in total. The lowest BCUT2D eigenvalue weighted by Gasteiger charge is -2.38. The van der Waals surface area contributed by atoms with Crippen LogP contribution in [0.15, 0.2) is 64.1 Å². The number of phenols is 2. The van der Waals surface area contributed by atoms with Gasteiger partial charge in [0.2, 0.25) is 0 Å². The van der Waals surface area contributed by atoms with E-state index in [-0.39, 0.29) is 52.5 Å². The van der Waals surface area contributed by atoms with E-state index in [0.717, 1.165) is 30.4 Å². The number of likely N-dealkylation sites (tertiary alicyclic amines) is 1. The van der Waals surface area contributed by atoms with Crippen LogP contribution in [-0.4, -0.2) is 65.4 Å². The summed E-state index contributed by atoms with van der Waals surface area (Å²) in [6.45, 7) is 4.57. The van der Waals surface area contributed by atoms with Gasteiger partial charge in [-0.3, -0.25) is 14.6 Å². The predicted octanol–water partition coefficient (Wildman–Crippen LogP) is 5.90. The molecule has 2 atom stereocenters. The average molecular weight is 641 g/mol. The highest BCUT2D eigenvalue weighted by atomic mass is 35.5. The highest BCUT2D eigenvalue weighted by Crippen LogP contribution is 2.44. The third kappa shape index (κ3) is 6.22. The maximum Gasteiger partial charge on any atom is 0.309 e. The number of pyridine rings is 1. The zero-order valence-electron chi connectivity index (χ0n) is 24.5. The van der Waals surface area contributed by atoms with Gasteiger partial charge in [0.25, 0.3) is 0 Å². The number of carbonyl (C=O) groups excluding carboxylic acids is 1. The number of phenolic OH excluding ortho intramolecular Hbond substituents is 2. The van der Waals surface area contributed by atoms with E-state index >= 15 is 0 Å². The van der Waals surface area contributed by atoms with Crippen molar-refractivity contribution in [1.82, 2.24) is 9.88 Å². The molecule has 0 saturated carbocycles. The highest BCUT2D eigenvalue weighted by Gasteiger charge is 2.38. The number of aromatic nitrogens is 1. The number of aryl methyl sites for hydroxylation is 1. The van der Waals surface area contributed by atoms with Crippen LogP contribution in [0.4, 0.5) is 5.69 Å². The normalized spacial score (nSPS) is 19.5. The Morgan fingerprint density at radius 1 is 1.05 bits per heavy atom. The number of rotatable bonds is 5. The number of halogens is 2. The van der Waals surface area contributed by atoms with Crippen molar-refractivity contribution in [3.05, 3.63) is 81.2 Å². The van der Waals surface area contributed by atoms with Crippen LogP contribution in [0.3, 0.4) is 0 Å². The second-order valence-electron chi connectivity index (χ2n) is 11.6. The number of fused-ring (bicyclic) bond motifs is 1. The molecule has 0 unspecified atom stereocenters. The number of hydrogen-bond donors (Lipinski definition) is 2. The highest BCUT2D eigenvalue weighted by molar-refractivity contribution is 6.33. The Hall–Kier alpha value is -3.79. The molecule has 2 aromatic heterocycles. The minimum absolute atomic E-state index is 0. The monoisotopic (exact) mass is 639 g/mol. The SMILES string of the molecule is Cc1cncc(N2CCC(C(=O)O[C@@H]3CN(C)CC[C@@H]3c3c(O)cc(O)c4c(=O)cc(-c5ccccc5Cl)oc34)CC2)c1.Cl. The summed E-state index contributed by atoms with van der Waals surface area (Å²) < 4.78 is 12.4. The Labute approximate surface area is 266 Å². The van der Waals surface area contributed by atoms with Crippen LogP contribution in [0.1, 0.15) is 36.3 Å². The van der Waals surface area contributed by atoms with E-state index in [1.54, 1.807) is 24.3 Å². The number of carbonyl (C=O) groups is 1. The second kappa shape index (κ2) is 13.1. The third-order valence-corrected chi connectivity index (χ3v) is 8.92. The molecule has 4 aromatic rings. The predicted molar refractivity (Wildman–Crippen MR) is 172 cm³/mol. The van der Waals surface area contributed by atoms with Gasteiger partial charge in [-0.2, -0.15) is 0 Å². The minimum atomic E-state index is -0.599. The van der Waals surface area contributed by atoms with Gasteiger partial charge in [0, 0.05) is 55.0 Å². The molecule has 44 heavy (non-hydrogen) atoms. The molecule has 0 amide bonds. The van der Waals surface area contributed by atoms with Gasteiger partial charge in [-0.15, -0.1) is 12.4 Å². The van der Waals surface area contributed by atoms with Crippen LogP contribution in [-0.2, 0) is 9.53 Å². The van der Waals surface area contributed by atoms with Crippen LogP contribution in [0.2, 0.25) is 5.02 Å². The van der Waals surface area contributed by atoms with Crippen LogP contribution >= 0.6 is 24.0 Å². The second-order valence-corrected chi connectivity index (χ2v) is 12.0. The Kier molecular flexibility index (Phi) is 9.39. The molecule has 9 nitrogen and oxygen atoms in total. The number of benzene rings is 2. The van der Waals surface area contributed by atoms with Gasteiger partial charge >= 0.3 is 5.97 Å². The summed E-state index contributed by atoms with van der Waals surface area (Å²) >= 11 is 6.40. The molecule has 6 rings (SSSR count). The van der Waals surface area contributed by atoms with Crippen molar-refractivity contribution >= 4 is 46.6 Å². The molecule has 0 spiro atoms. The van der Waals surface area contributed by atoms with E-state index in [0.29, 0.717) is 48.5 Å². The summed E-state index contributed by atoms with van der Waals surface area (Å²) in [6, 6.07) is 11.5. The number of aromatic hydroxyl groups is 2. The van der Waals surface area contributed by atoms with Crippen molar-refractivity contribution in [3.63, 3.8) is 0 Å². The largest absolute Gasteiger partial charge is 0.507 e. The van der Waals surface area contributed by atoms with Crippen LogP contribution in [0.25, 0.3) is 22.3 Å². The van der Waals surface area contributed by atoms with Crippen molar-refractivity contribution in [2.24, 2.45) is 5.92 Å². The molecule has 0 aliphatic carbocycles. The van der Waals surface area contributed by atoms with E-state index in [9.17, 15) is 19.8 Å². The number of esters is 1. The van der Waals surface area contributed by atoms with Crippen molar-refractivity contribution < 1.29 is 24.2 Å². The van der Waals surface area contributed by atoms with Crippen molar-refractivity contribution in [2.45, 2.75) is 38.2 Å². The zero-order valence-corrected chi connectivity index (χ0v) is 26.1. The first kappa shape index (κ1) is 31.6. The van der Waals surface area contributed by atoms with E-state index in [4.69, 9.17) is 20.8 Å². The number of nitrogens with zero attached hydrogens (tertiary/aromatic N) is 3. The average Bonchev–Trinajstić information content (AvgIpc) is 2.98. The Bertz CT molecular complexity index is 1740. The van der Waals surface area contributed by atoms with Gasteiger partial charge in [-0.25, -0.2) is 0 Å². The molecular weight excluding hydrogens is 605 g/mol. The van der Waals surface area contributed by atoms with Gasteiger partial charge in [0.15, 0.2) is 5.43 Å². The van der Waals surface area contributed by atoms with Gasteiger partial charge in [-0.1, -0.05) is 23.7 Å². The van der Waals surface area contributed by atoms with Gasteiger partial charge in [0.05, 0.1) is 22.8 Å². The first-order valence-corrected chi connectivity index (χ1v) is 14.9. The molecule has 2 fully saturated rings. The fraction of sp³-hybridized carbons (Fsp3) is 0.364. The van der Waals surface area contributed by atoms with Crippen molar-refractivity contribution in [1.29, 1.82) is 0 Å². The van der Waals surface area contributed by atoms with Gasteiger partial charge in [0.1, 0.15) is 34.3 Å². The lowest BCUT2D eigenvalue weighted by Crippen LogP contribution is -2.45. The topological polar surface area (TPSA) is 116 Å². The zero-order chi connectivity index (χ0) is 30.2. The van der Waals surface area contributed by atoms with Crippen LogP contribution < -0.4 is 10.3 Å². The third-order valence-electron chi connectivity index (χ3n) is 8.59. The summed E-state index contributed by atoms with van der Waals surface area (Å²) in [6.07, 6.45) is 4.92. The molecule has 2 saturated heterocycles. The molecule has 2 aliphatic rings. The molecule has 2 aromatic carbocycles. The minimum Gasteiger partial charge on any atom is -0.507 e. The molecule has 0 radical (unpaired) electrons. The first-order valence-electron chi connectivity index (χ1n) is 14.5. The number of ether oxygens (including phenoxy) is 1. The number of piperidine rings is 2. The summed E-state index contributed by atoms with van der Waals surface area (Å²) in [5.74, 6) is -1.38. The fourth-order valence-corrected chi connectivity index (χ4v) is 6.55. The lowest BCUT2D eigenvalue weighted by atomic mass is 9.85. The lowest BCUT2D eigenvalue weighted by molar-refractivity contribution is -0.158. The standard InChI is InChI=1S/C33H34ClN3O6.ClH/c1-19-13-21(17-35-16-19)37-11-7-20(8-12-37)33(41)43-29-18-36(2)10-9-23(29)30-25(38)14-26(39)31-27(40)15-28(42-32(30)31)22-5-3-4-6-24(22)34;/h3-6,13-17,20,23,29,38-39H,7-12,18H2,1-2H3;1H/t23-,29+;/m0./s1. The quantitative estimate of drug-likeness (QED) is 0.258. The van der Waals surface area contributed by atoms with Crippen LogP contribution in [0.5, 0.6) is 11.5 Å². The molecular formula is C33H35Cl2N3O6. The van der Waals surface area contributed by atoms with E-state index in [2.05, 4.69) is 20.9 Å². The molecule has 0 bridgehead atoms. The van der Waals surface area contributed by atoms with Crippen molar-refractivity contribution in [2.75, 3.05) is 38.1 Å². The Balaban J connectivity index is 0.00000384. The summed E-state index contributed by atoms with van der Waals surface area (Å²) in [7, 11) is 1.95. The van der Waals surface area contributed by atoms with E-state index in [1.807, 2.05) is 26.4 Å². The fourth-order valence-electron chi connectivity index (χ4n) is 6.33. The summed E-state index contributed by atoms with van der Waals surface area (Å²) in [5, 5.41) is 22.2. The number of likely N-dealkylation sites (N-methyl/N-ethyl adjacent to an activating group) is 1. The first-order chi connectivity index (χ1) is 20.7. The number of hydrogen-bond acceptors (Lipinski definition) is 9. The van der Waals surface area contributed by atoms with Crippen LogP contribution in [0, 0.1) is 12.8 Å². The maximum absolute atomic E-state index is 13.5. The maximum atomic E-state index is 13.5. The molecule has 11 heteroatoms.